The van der Waals surface area contributed by atoms with Gasteiger partial charge in [0.1, 0.15) is 0 Å². The molecule has 2 aromatic rings. The fourth-order valence-electron chi connectivity index (χ4n) is 1.81. The van der Waals surface area contributed by atoms with Crippen molar-refractivity contribution in [2.24, 2.45) is 0 Å². The van der Waals surface area contributed by atoms with E-state index in [0.717, 1.165) is 12.0 Å². The van der Waals surface area contributed by atoms with Gasteiger partial charge < -0.3 is 5.32 Å². The third kappa shape index (κ3) is 4.49. The molecule has 2 rings (SSSR count). The van der Waals surface area contributed by atoms with Gasteiger partial charge in [-0.2, -0.15) is 0 Å². The van der Waals surface area contributed by atoms with E-state index in [1.807, 2.05) is 37.3 Å². The number of hydrogen-bond donors (Lipinski definition) is 2. The number of benzene rings is 1. The Morgan fingerprint density at radius 1 is 1.38 bits per heavy atom. The average molecular weight is 306 g/mol. The first-order chi connectivity index (χ1) is 10.2. The molecule has 1 amide bonds. The lowest BCUT2D eigenvalue weighted by Crippen LogP contribution is -2.25. The maximum Gasteiger partial charge on any atom is 0.343 e. The predicted molar refractivity (Wildman–Crippen MR) is 82.2 cm³/mol. The average Bonchev–Trinajstić information content (AvgIpc) is 2.85. The quantitative estimate of drug-likeness (QED) is 0.758. The molecule has 1 heterocycles. The highest BCUT2D eigenvalue weighted by Gasteiger charge is 2.10. The van der Waals surface area contributed by atoms with Crippen LogP contribution in [0.2, 0.25) is 0 Å². The van der Waals surface area contributed by atoms with Gasteiger partial charge in [-0.25, -0.2) is 9.89 Å². The number of amides is 1. The van der Waals surface area contributed by atoms with E-state index >= 15 is 0 Å². The van der Waals surface area contributed by atoms with Crippen LogP contribution in [-0.4, -0.2) is 26.4 Å². The molecule has 7 heteroatoms. The van der Waals surface area contributed by atoms with Gasteiger partial charge in [-0.05, 0) is 12.0 Å². The summed E-state index contributed by atoms with van der Waals surface area (Å²) in [6, 6.07) is 9.72. The lowest BCUT2D eigenvalue weighted by molar-refractivity contribution is -0.118. The Balaban J connectivity index is 1.83. The molecule has 112 valence electrons. The zero-order chi connectivity index (χ0) is 15.1. The molecule has 0 aliphatic heterocycles. The van der Waals surface area contributed by atoms with E-state index in [-0.39, 0.29) is 17.3 Å². The number of hydrogen-bond acceptors (Lipinski definition) is 4. The van der Waals surface area contributed by atoms with Gasteiger partial charge in [-0.15, -0.1) is 5.10 Å². The van der Waals surface area contributed by atoms with Crippen molar-refractivity contribution in [1.82, 2.24) is 20.1 Å². The predicted octanol–water partition coefficient (Wildman–Crippen LogP) is 1.39. The molecule has 0 saturated carbocycles. The van der Waals surface area contributed by atoms with Crippen LogP contribution in [0.5, 0.6) is 0 Å². The topological polar surface area (TPSA) is 79.8 Å². The minimum Gasteiger partial charge on any atom is -0.351 e. The zero-order valence-electron chi connectivity index (χ0n) is 11.8. The Morgan fingerprint density at radius 3 is 2.86 bits per heavy atom. The first-order valence-corrected chi connectivity index (χ1v) is 7.78. The minimum absolute atomic E-state index is 0.0812. The third-order valence-electron chi connectivity index (χ3n) is 2.84. The summed E-state index contributed by atoms with van der Waals surface area (Å²) in [5, 5.41) is 9.74. The summed E-state index contributed by atoms with van der Waals surface area (Å²) in [4.78, 5) is 23.3. The van der Waals surface area contributed by atoms with Crippen LogP contribution in [0.25, 0.3) is 0 Å². The first-order valence-electron chi connectivity index (χ1n) is 6.79. The van der Waals surface area contributed by atoms with Crippen molar-refractivity contribution in [3.05, 3.63) is 46.4 Å². The van der Waals surface area contributed by atoms with E-state index < -0.39 is 0 Å². The number of aromatic nitrogens is 3. The largest absolute Gasteiger partial charge is 0.351 e. The van der Waals surface area contributed by atoms with Crippen LogP contribution in [0.1, 0.15) is 18.9 Å². The maximum absolute atomic E-state index is 11.8. The van der Waals surface area contributed by atoms with E-state index in [1.54, 1.807) is 4.57 Å². The van der Waals surface area contributed by atoms with E-state index in [9.17, 15) is 9.59 Å². The van der Waals surface area contributed by atoms with Gasteiger partial charge in [0.2, 0.25) is 5.91 Å². The molecular weight excluding hydrogens is 288 g/mol. The number of carbonyl (C=O) groups is 1. The fraction of sp³-hybridized carbons (Fsp3) is 0.357. The van der Waals surface area contributed by atoms with E-state index in [1.165, 1.54) is 11.8 Å². The molecule has 0 atom stereocenters. The number of nitrogens with one attached hydrogen (secondary N) is 2. The number of rotatable bonds is 7. The van der Waals surface area contributed by atoms with Crippen LogP contribution < -0.4 is 11.0 Å². The van der Waals surface area contributed by atoms with Crippen molar-refractivity contribution in [1.29, 1.82) is 0 Å². The minimum atomic E-state index is -0.232. The number of nitrogens with zero attached hydrogens (tertiary/aromatic N) is 2. The van der Waals surface area contributed by atoms with E-state index in [4.69, 9.17) is 0 Å². The number of carbonyl (C=O) groups excluding carboxylic acids is 1. The number of aromatic amines is 1. The molecule has 0 aliphatic carbocycles. The van der Waals surface area contributed by atoms with Gasteiger partial charge in [-0.1, -0.05) is 49.0 Å². The normalized spacial score (nSPS) is 10.5. The zero-order valence-corrected chi connectivity index (χ0v) is 12.7. The fourth-order valence-corrected chi connectivity index (χ4v) is 2.61. The lowest BCUT2D eigenvalue weighted by atomic mass is 10.2. The van der Waals surface area contributed by atoms with Crippen LogP contribution in [0.15, 0.2) is 40.3 Å². The summed E-state index contributed by atoms with van der Waals surface area (Å²) in [6.45, 7) is 3.09. The molecule has 0 unspecified atom stereocenters. The highest BCUT2D eigenvalue weighted by atomic mass is 32.2. The second-order valence-electron chi connectivity index (χ2n) is 4.51. The molecule has 0 radical (unpaired) electrons. The summed E-state index contributed by atoms with van der Waals surface area (Å²) in [5.41, 5.74) is 0.822. The van der Waals surface area contributed by atoms with Gasteiger partial charge in [0.25, 0.3) is 0 Å². The highest BCUT2D eigenvalue weighted by molar-refractivity contribution is 7.99. The summed E-state index contributed by atoms with van der Waals surface area (Å²) in [6.07, 6.45) is 0.840. The molecule has 1 aromatic carbocycles. The van der Waals surface area contributed by atoms with Crippen LogP contribution in [-0.2, 0) is 17.9 Å². The van der Waals surface area contributed by atoms with Crippen molar-refractivity contribution in [2.75, 3.05) is 5.75 Å². The third-order valence-corrected chi connectivity index (χ3v) is 3.81. The Labute approximate surface area is 127 Å². The summed E-state index contributed by atoms with van der Waals surface area (Å²) < 4.78 is 1.55. The van der Waals surface area contributed by atoms with Crippen molar-refractivity contribution in [2.45, 2.75) is 31.6 Å². The Kier molecular flexibility index (Phi) is 5.62. The van der Waals surface area contributed by atoms with Crippen LogP contribution >= 0.6 is 11.8 Å². The van der Waals surface area contributed by atoms with E-state index in [0.29, 0.717) is 18.2 Å². The number of H-pyrrole nitrogens is 1. The molecule has 2 N–H and O–H groups in total. The van der Waals surface area contributed by atoms with Crippen LogP contribution in [0, 0.1) is 0 Å². The van der Waals surface area contributed by atoms with Crippen molar-refractivity contribution < 1.29 is 4.79 Å². The first kappa shape index (κ1) is 15.4. The molecule has 0 aliphatic rings. The van der Waals surface area contributed by atoms with Gasteiger partial charge >= 0.3 is 5.69 Å². The molecule has 6 nitrogen and oxygen atoms in total. The molecule has 0 fully saturated rings. The van der Waals surface area contributed by atoms with Gasteiger partial charge in [0.05, 0.1) is 5.75 Å². The molecule has 0 saturated heterocycles. The maximum atomic E-state index is 11.8. The summed E-state index contributed by atoms with van der Waals surface area (Å²) >= 11 is 1.26. The SMILES string of the molecule is CCCn1c(SCC(=O)NCc2ccccc2)n[nH]c1=O. The van der Waals surface area contributed by atoms with Crippen molar-refractivity contribution in [3.8, 4) is 0 Å². The van der Waals surface area contributed by atoms with E-state index in [2.05, 4.69) is 15.5 Å². The van der Waals surface area contributed by atoms with Gasteiger partial charge in [-0.3, -0.25) is 9.36 Å². The van der Waals surface area contributed by atoms with Crippen LogP contribution in [0.3, 0.4) is 0 Å². The Morgan fingerprint density at radius 2 is 2.14 bits per heavy atom. The second-order valence-corrected chi connectivity index (χ2v) is 5.46. The van der Waals surface area contributed by atoms with Crippen molar-refractivity contribution in [3.63, 3.8) is 0 Å². The standard InChI is InChI=1S/C14H18N4O2S/c1-2-8-18-13(20)16-17-14(18)21-10-12(19)15-9-11-6-4-3-5-7-11/h3-7H,2,8-10H2,1H3,(H,15,19)(H,16,20). The Bertz CT molecular complexity index is 636. The Hall–Kier alpha value is -2.02. The molecule has 0 bridgehead atoms. The monoisotopic (exact) mass is 306 g/mol. The smallest absolute Gasteiger partial charge is 0.343 e. The molecular formula is C14H18N4O2S. The van der Waals surface area contributed by atoms with Crippen LogP contribution in [0.4, 0.5) is 0 Å². The van der Waals surface area contributed by atoms with Gasteiger partial charge in [0.15, 0.2) is 5.16 Å². The van der Waals surface area contributed by atoms with Gasteiger partial charge in [0, 0.05) is 13.1 Å². The highest BCUT2D eigenvalue weighted by Crippen LogP contribution is 2.12. The molecule has 1 aromatic heterocycles. The summed E-state index contributed by atoms with van der Waals surface area (Å²) in [7, 11) is 0. The lowest BCUT2D eigenvalue weighted by Gasteiger charge is -2.05. The molecule has 21 heavy (non-hydrogen) atoms. The summed E-state index contributed by atoms with van der Waals surface area (Å²) in [5.74, 6) is 0.156. The number of thioether (sulfide) groups is 1. The molecule has 0 spiro atoms. The van der Waals surface area contributed by atoms with Crippen molar-refractivity contribution >= 4 is 17.7 Å². The second kappa shape index (κ2) is 7.68.